The van der Waals surface area contributed by atoms with Gasteiger partial charge in [0.2, 0.25) is 0 Å². The molecule has 130 valence electrons. The molecule has 3 heterocycles. The molecule has 2 aliphatic rings. The molecule has 1 amide bonds. The van der Waals surface area contributed by atoms with Crippen molar-refractivity contribution in [2.75, 3.05) is 18.0 Å². The molecule has 0 saturated carbocycles. The molecule has 1 saturated heterocycles. The van der Waals surface area contributed by atoms with E-state index in [2.05, 4.69) is 43.0 Å². The lowest BCUT2D eigenvalue weighted by Crippen LogP contribution is -2.39. The molecular formula is C21H25N3O. The summed E-state index contributed by atoms with van der Waals surface area (Å²) in [6.45, 7) is 6.11. The monoisotopic (exact) mass is 335 g/mol. The Morgan fingerprint density at radius 2 is 1.96 bits per heavy atom. The van der Waals surface area contributed by atoms with Crippen LogP contribution >= 0.6 is 0 Å². The summed E-state index contributed by atoms with van der Waals surface area (Å²) >= 11 is 0. The van der Waals surface area contributed by atoms with E-state index in [4.69, 9.17) is 4.98 Å². The quantitative estimate of drug-likeness (QED) is 0.831. The van der Waals surface area contributed by atoms with Crippen LogP contribution < -0.4 is 4.90 Å². The van der Waals surface area contributed by atoms with E-state index in [-0.39, 0.29) is 5.91 Å². The van der Waals surface area contributed by atoms with Gasteiger partial charge < -0.3 is 9.80 Å². The third-order valence-electron chi connectivity index (χ3n) is 5.35. The van der Waals surface area contributed by atoms with Crippen molar-refractivity contribution in [3.63, 3.8) is 0 Å². The minimum atomic E-state index is 0.0635. The highest BCUT2D eigenvalue weighted by molar-refractivity contribution is 5.93. The van der Waals surface area contributed by atoms with Crippen LogP contribution in [0.25, 0.3) is 0 Å². The minimum absolute atomic E-state index is 0.0635. The van der Waals surface area contributed by atoms with E-state index < -0.39 is 0 Å². The van der Waals surface area contributed by atoms with Crippen molar-refractivity contribution < 1.29 is 4.79 Å². The molecule has 2 unspecified atom stereocenters. The molecule has 1 aromatic carbocycles. The fraction of sp³-hybridized carbons (Fsp3) is 0.429. The Balaban J connectivity index is 1.63. The molecule has 0 bridgehead atoms. The predicted molar refractivity (Wildman–Crippen MR) is 100 cm³/mol. The Morgan fingerprint density at radius 1 is 1.12 bits per heavy atom. The smallest absolute Gasteiger partial charge is 0.272 e. The summed E-state index contributed by atoms with van der Waals surface area (Å²) in [5.41, 5.74) is 3.11. The van der Waals surface area contributed by atoms with E-state index in [9.17, 15) is 4.79 Å². The van der Waals surface area contributed by atoms with E-state index in [0.717, 1.165) is 31.7 Å². The van der Waals surface area contributed by atoms with Gasteiger partial charge in [-0.1, -0.05) is 31.2 Å². The first kappa shape index (κ1) is 16.1. The first-order chi connectivity index (χ1) is 12.1. The molecular weight excluding hydrogens is 310 g/mol. The second-order valence-electron chi connectivity index (χ2n) is 7.43. The van der Waals surface area contributed by atoms with Crippen LogP contribution in [0.1, 0.15) is 42.7 Å². The van der Waals surface area contributed by atoms with Crippen LogP contribution in [0.5, 0.6) is 0 Å². The number of nitrogens with zero attached hydrogens (tertiary/aromatic N) is 3. The average Bonchev–Trinajstić information content (AvgIpc) is 2.97. The van der Waals surface area contributed by atoms with Gasteiger partial charge in [-0.25, -0.2) is 4.98 Å². The number of piperidine rings is 1. The maximum atomic E-state index is 12.9. The highest BCUT2D eigenvalue weighted by atomic mass is 16.2. The number of pyridine rings is 1. The number of benzene rings is 1. The van der Waals surface area contributed by atoms with Crippen molar-refractivity contribution in [2.24, 2.45) is 5.92 Å². The summed E-state index contributed by atoms with van der Waals surface area (Å²) in [5, 5.41) is 0. The maximum Gasteiger partial charge on any atom is 0.272 e. The van der Waals surface area contributed by atoms with Gasteiger partial charge >= 0.3 is 0 Å². The van der Waals surface area contributed by atoms with Crippen LogP contribution in [0.4, 0.5) is 11.5 Å². The number of para-hydroxylation sites is 1. The van der Waals surface area contributed by atoms with E-state index >= 15 is 0 Å². The second kappa shape index (κ2) is 6.51. The van der Waals surface area contributed by atoms with Crippen LogP contribution in [-0.4, -0.2) is 34.9 Å². The molecule has 4 rings (SSSR count). The lowest BCUT2D eigenvalue weighted by molar-refractivity contribution is 0.0677. The van der Waals surface area contributed by atoms with Gasteiger partial charge in [0.25, 0.3) is 5.91 Å². The number of rotatable bonds is 2. The summed E-state index contributed by atoms with van der Waals surface area (Å²) in [5.74, 6) is 1.51. The molecule has 4 heteroatoms. The van der Waals surface area contributed by atoms with E-state index in [0.29, 0.717) is 17.7 Å². The third-order valence-corrected chi connectivity index (χ3v) is 5.35. The molecule has 2 atom stereocenters. The van der Waals surface area contributed by atoms with Gasteiger partial charge in [-0.2, -0.15) is 0 Å². The van der Waals surface area contributed by atoms with E-state index in [1.54, 1.807) is 0 Å². The standard InChI is InChI=1S/C21H25N3O/c1-15-7-6-12-23(14-15)21(25)18-9-5-11-20(22-18)24-16(2)13-17-8-3-4-10-19(17)24/h3-5,8-11,15-16H,6-7,12-14H2,1-2H3. The Hall–Kier alpha value is -2.36. The van der Waals surface area contributed by atoms with Crippen molar-refractivity contribution in [3.05, 3.63) is 53.7 Å². The zero-order chi connectivity index (χ0) is 17.4. The fourth-order valence-corrected chi connectivity index (χ4v) is 4.13. The van der Waals surface area contributed by atoms with E-state index in [1.807, 2.05) is 23.1 Å². The highest BCUT2D eigenvalue weighted by Gasteiger charge is 2.29. The van der Waals surface area contributed by atoms with Crippen molar-refractivity contribution in [2.45, 2.75) is 39.2 Å². The lowest BCUT2D eigenvalue weighted by atomic mass is 10.00. The Morgan fingerprint density at radius 3 is 2.80 bits per heavy atom. The Labute approximate surface area is 149 Å². The fourth-order valence-electron chi connectivity index (χ4n) is 4.13. The molecule has 4 nitrogen and oxygen atoms in total. The highest BCUT2D eigenvalue weighted by Crippen LogP contribution is 2.37. The number of hydrogen-bond donors (Lipinski definition) is 0. The lowest BCUT2D eigenvalue weighted by Gasteiger charge is -2.31. The van der Waals surface area contributed by atoms with Gasteiger partial charge in [0.1, 0.15) is 11.5 Å². The largest absolute Gasteiger partial charge is 0.337 e. The molecule has 0 spiro atoms. The number of carbonyl (C=O) groups excluding carboxylic acids is 1. The number of hydrogen-bond acceptors (Lipinski definition) is 3. The number of fused-ring (bicyclic) bond motifs is 1. The molecule has 2 aromatic rings. The van der Waals surface area contributed by atoms with Crippen LogP contribution in [0, 0.1) is 5.92 Å². The number of amides is 1. The van der Waals surface area contributed by atoms with E-state index in [1.165, 1.54) is 17.7 Å². The average molecular weight is 335 g/mol. The molecule has 0 aliphatic carbocycles. The van der Waals surface area contributed by atoms with Gasteiger partial charge in [-0.3, -0.25) is 4.79 Å². The van der Waals surface area contributed by atoms with Crippen LogP contribution in [0.15, 0.2) is 42.5 Å². The summed E-state index contributed by atoms with van der Waals surface area (Å²) in [4.78, 5) is 21.8. The first-order valence-electron chi connectivity index (χ1n) is 9.27. The van der Waals surface area contributed by atoms with Crippen LogP contribution in [0.2, 0.25) is 0 Å². The number of aromatic nitrogens is 1. The number of carbonyl (C=O) groups is 1. The van der Waals surface area contributed by atoms with Crippen molar-refractivity contribution >= 4 is 17.4 Å². The molecule has 1 aromatic heterocycles. The van der Waals surface area contributed by atoms with Gasteiger partial charge in [-0.05, 0) is 55.9 Å². The van der Waals surface area contributed by atoms with Gasteiger partial charge in [0.15, 0.2) is 0 Å². The summed E-state index contributed by atoms with van der Waals surface area (Å²) < 4.78 is 0. The minimum Gasteiger partial charge on any atom is -0.337 e. The molecule has 0 radical (unpaired) electrons. The second-order valence-corrected chi connectivity index (χ2v) is 7.43. The molecule has 2 aliphatic heterocycles. The SMILES string of the molecule is CC1CCCN(C(=O)c2cccc(N3c4ccccc4CC3C)n2)C1. The Bertz CT molecular complexity index is 788. The summed E-state index contributed by atoms with van der Waals surface area (Å²) in [6.07, 6.45) is 3.31. The zero-order valence-electron chi connectivity index (χ0n) is 15.0. The van der Waals surface area contributed by atoms with Crippen LogP contribution in [-0.2, 0) is 6.42 Å². The van der Waals surface area contributed by atoms with Gasteiger partial charge in [0.05, 0.1) is 0 Å². The third kappa shape index (κ3) is 3.01. The van der Waals surface area contributed by atoms with Crippen LogP contribution in [0.3, 0.4) is 0 Å². The van der Waals surface area contributed by atoms with Gasteiger partial charge in [0, 0.05) is 24.8 Å². The van der Waals surface area contributed by atoms with Crippen molar-refractivity contribution in [3.8, 4) is 0 Å². The molecule has 1 fully saturated rings. The Kier molecular flexibility index (Phi) is 4.20. The van der Waals surface area contributed by atoms with Crippen molar-refractivity contribution in [1.82, 2.24) is 9.88 Å². The predicted octanol–water partition coefficient (Wildman–Crippen LogP) is 4.04. The number of anilines is 2. The zero-order valence-corrected chi connectivity index (χ0v) is 15.0. The number of likely N-dealkylation sites (tertiary alicyclic amines) is 1. The first-order valence-corrected chi connectivity index (χ1v) is 9.27. The molecule has 25 heavy (non-hydrogen) atoms. The molecule has 0 N–H and O–H groups in total. The summed E-state index contributed by atoms with van der Waals surface area (Å²) in [7, 11) is 0. The summed E-state index contributed by atoms with van der Waals surface area (Å²) in [6, 6.07) is 14.6. The topological polar surface area (TPSA) is 36.4 Å². The normalized spacial score (nSPS) is 22.8. The van der Waals surface area contributed by atoms with Gasteiger partial charge in [-0.15, -0.1) is 0 Å². The van der Waals surface area contributed by atoms with Crippen molar-refractivity contribution in [1.29, 1.82) is 0 Å². The maximum absolute atomic E-state index is 12.9.